The standard InChI is InChI=1S/C23H30N2O4.2H2/c1-22(2,3)28-20(26)24-18-11-7-16(8-12-18)15-17-9-13-19(14-10-17)25-21(27)29-23(4,5)6;;/h7-14H,15H2,1-6H3,(H,24,26)(H,25,27);2*1H. The van der Waals surface area contributed by atoms with Crippen molar-refractivity contribution in [1.82, 2.24) is 0 Å². The van der Waals surface area contributed by atoms with Crippen molar-refractivity contribution >= 4 is 23.6 Å². The molecule has 0 aliphatic carbocycles. The van der Waals surface area contributed by atoms with Gasteiger partial charge in [0.05, 0.1) is 0 Å². The number of hydrogen-bond acceptors (Lipinski definition) is 4. The van der Waals surface area contributed by atoms with E-state index in [-0.39, 0.29) is 2.85 Å². The monoisotopic (exact) mass is 402 g/mol. The molecular weight excluding hydrogens is 368 g/mol. The van der Waals surface area contributed by atoms with Crippen molar-refractivity contribution in [1.29, 1.82) is 0 Å². The number of benzene rings is 2. The molecule has 6 heteroatoms. The van der Waals surface area contributed by atoms with Gasteiger partial charge in [0.1, 0.15) is 11.2 Å². The molecular formula is C23H34N2O4. The van der Waals surface area contributed by atoms with Crippen LogP contribution in [0.15, 0.2) is 48.5 Å². The van der Waals surface area contributed by atoms with E-state index in [1.807, 2.05) is 90.1 Å². The highest BCUT2D eigenvalue weighted by Gasteiger charge is 2.17. The maximum absolute atomic E-state index is 11.8. The number of nitrogens with one attached hydrogen (secondary N) is 2. The van der Waals surface area contributed by atoms with Crippen LogP contribution in [0.5, 0.6) is 0 Å². The zero-order valence-electron chi connectivity index (χ0n) is 18.0. The Balaban J connectivity index is 0.00000450. The quantitative estimate of drug-likeness (QED) is 0.615. The Morgan fingerprint density at radius 2 is 1.00 bits per heavy atom. The van der Waals surface area contributed by atoms with Crippen LogP contribution in [0, 0.1) is 0 Å². The van der Waals surface area contributed by atoms with Gasteiger partial charge in [-0.2, -0.15) is 0 Å². The van der Waals surface area contributed by atoms with Gasteiger partial charge in [0, 0.05) is 14.2 Å². The minimum absolute atomic E-state index is 0. The molecule has 2 amide bonds. The van der Waals surface area contributed by atoms with E-state index in [9.17, 15) is 9.59 Å². The van der Waals surface area contributed by atoms with E-state index in [2.05, 4.69) is 10.6 Å². The zero-order chi connectivity index (χ0) is 21.7. The molecule has 0 spiro atoms. The summed E-state index contributed by atoms with van der Waals surface area (Å²) in [6.45, 7) is 10.9. The van der Waals surface area contributed by atoms with Crippen LogP contribution in [0.4, 0.5) is 21.0 Å². The molecule has 2 N–H and O–H groups in total. The molecule has 2 aromatic carbocycles. The average molecular weight is 403 g/mol. The van der Waals surface area contributed by atoms with E-state index >= 15 is 0 Å². The third-order valence-electron chi connectivity index (χ3n) is 3.61. The molecule has 0 saturated heterocycles. The number of rotatable bonds is 4. The number of amides is 2. The predicted octanol–water partition coefficient (Wildman–Crippen LogP) is 6.46. The second-order valence-electron chi connectivity index (χ2n) is 8.82. The van der Waals surface area contributed by atoms with Crippen LogP contribution in [-0.4, -0.2) is 23.4 Å². The largest absolute Gasteiger partial charge is 0.444 e. The van der Waals surface area contributed by atoms with Gasteiger partial charge in [0.2, 0.25) is 0 Å². The first-order valence-corrected chi connectivity index (χ1v) is 9.57. The normalized spacial score (nSPS) is 11.5. The first kappa shape index (κ1) is 22.3. The zero-order valence-corrected chi connectivity index (χ0v) is 18.0. The molecule has 0 aliphatic heterocycles. The van der Waals surface area contributed by atoms with E-state index in [0.717, 1.165) is 17.5 Å². The molecule has 2 rings (SSSR count). The first-order valence-electron chi connectivity index (χ1n) is 9.57. The van der Waals surface area contributed by atoms with Gasteiger partial charge in [-0.15, -0.1) is 0 Å². The van der Waals surface area contributed by atoms with Crippen molar-refractivity contribution < 1.29 is 21.9 Å². The van der Waals surface area contributed by atoms with Crippen molar-refractivity contribution in [3.63, 3.8) is 0 Å². The van der Waals surface area contributed by atoms with Crippen LogP contribution in [-0.2, 0) is 15.9 Å². The summed E-state index contributed by atoms with van der Waals surface area (Å²) in [5.41, 5.74) is 2.50. The highest BCUT2D eigenvalue weighted by atomic mass is 16.6. The summed E-state index contributed by atoms with van der Waals surface area (Å²) in [5, 5.41) is 5.44. The Morgan fingerprint density at radius 1 is 0.690 bits per heavy atom. The highest BCUT2D eigenvalue weighted by molar-refractivity contribution is 5.85. The minimum Gasteiger partial charge on any atom is -0.444 e. The second kappa shape index (κ2) is 8.99. The van der Waals surface area contributed by atoms with Gasteiger partial charge in [0.25, 0.3) is 0 Å². The van der Waals surface area contributed by atoms with Gasteiger partial charge in [-0.05, 0) is 83.4 Å². The lowest BCUT2D eigenvalue weighted by Crippen LogP contribution is -2.27. The van der Waals surface area contributed by atoms with Crippen molar-refractivity contribution in [2.24, 2.45) is 0 Å². The van der Waals surface area contributed by atoms with Crippen LogP contribution < -0.4 is 10.6 Å². The number of ether oxygens (including phenoxy) is 2. The first-order chi connectivity index (χ1) is 13.4. The summed E-state index contributed by atoms with van der Waals surface area (Å²) in [7, 11) is 0. The lowest BCUT2D eigenvalue weighted by atomic mass is 10.0. The molecule has 0 heterocycles. The molecule has 2 aromatic rings. The lowest BCUT2D eigenvalue weighted by Gasteiger charge is -2.19. The van der Waals surface area contributed by atoms with E-state index in [1.165, 1.54) is 0 Å². The van der Waals surface area contributed by atoms with Gasteiger partial charge in [-0.25, -0.2) is 9.59 Å². The van der Waals surface area contributed by atoms with Crippen molar-refractivity contribution in [3.05, 3.63) is 59.7 Å². The van der Waals surface area contributed by atoms with Crippen LogP contribution in [0.2, 0.25) is 0 Å². The third kappa shape index (κ3) is 8.68. The predicted molar refractivity (Wildman–Crippen MR) is 120 cm³/mol. The van der Waals surface area contributed by atoms with Gasteiger partial charge in [0.15, 0.2) is 0 Å². The fourth-order valence-electron chi connectivity index (χ4n) is 2.49. The Kier molecular flexibility index (Phi) is 6.90. The molecule has 0 aliphatic rings. The summed E-state index contributed by atoms with van der Waals surface area (Å²) in [6, 6.07) is 15.2. The molecule has 0 bridgehead atoms. The van der Waals surface area contributed by atoms with Gasteiger partial charge < -0.3 is 9.47 Å². The molecule has 0 fully saturated rings. The number of anilines is 2. The van der Waals surface area contributed by atoms with Crippen LogP contribution in [0.1, 0.15) is 55.5 Å². The number of hydrogen-bond donors (Lipinski definition) is 2. The van der Waals surface area contributed by atoms with E-state index in [0.29, 0.717) is 11.4 Å². The fourth-order valence-corrected chi connectivity index (χ4v) is 2.49. The Labute approximate surface area is 175 Å². The molecule has 0 atom stereocenters. The summed E-state index contributed by atoms with van der Waals surface area (Å²) >= 11 is 0. The molecule has 6 nitrogen and oxygen atoms in total. The lowest BCUT2D eigenvalue weighted by molar-refractivity contribution is 0.0624. The van der Waals surface area contributed by atoms with Crippen LogP contribution in [0.25, 0.3) is 0 Å². The fraction of sp³-hybridized carbons (Fsp3) is 0.391. The van der Waals surface area contributed by atoms with Crippen molar-refractivity contribution in [3.8, 4) is 0 Å². The van der Waals surface area contributed by atoms with E-state index in [1.54, 1.807) is 0 Å². The molecule has 29 heavy (non-hydrogen) atoms. The minimum atomic E-state index is -0.533. The maximum Gasteiger partial charge on any atom is 0.412 e. The van der Waals surface area contributed by atoms with E-state index < -0.39 is 23.4 Å². The molecule has 0 aromatic heterocycles. The SMILES string of the molecule is CC(C)(C)OC(=O)Nc1ccc(Cc2ccc(NC(=O)OC(C)(C)C)cc2)cc1.[HH].[HH]. The highest BCUT2D eigenvalue weighted by Crippen LogP contribution is 2.18. The van der Waals surface area contributed by atoms with Gasteiger partial charge >= 0.3 is 12.2 Å². The van der Waals surface area contributed by atoms with Gasteiger partial charge in [-0.1, -0.05) is 24.3 Å². The summed E-state index contributed by atoms with van der Waals surface area (Å²) in [5.74, 6) is 0. The van der Waals surface area contributed by atoms with Crippen molar-refractivity contribution in [2.75, 3.05) is 10.6 Å². The van der Waals surface area contributed by atoms with E-state index in [4.69, 9.17) is 9.47 Å². The van der Waals surface area contributed by atoms with Gasteiger partial charge in [-0.3, -0.25) is 10.6 Å². The number of carbonyl (C=O) groups is 2. The molecule has 0 unspecified atom stereocenters. The Bertz CT molecular complexity index is 768. The molecule has 0 saturated carbocycles. The molecule has 160 valence electrons. The smallest absolute Gasteiger partial charge is 0.412 e. The van der Waals surface area contributed by atoms with Crippen LogP contribution >= 0.6 is 0 Å². The topological polar surface area (TPSA) is 76.7 Å². The summed E-state index contributed by atoms with van der Waals surface area (Å²) < 4.78 is 10.5. The third-order valence-corrected chi connectivity index (χ3v) is 3.61. The second-order valence-corrected chi connectivity index (χ2v) is 8.82. The van der Waals surface area contributed by atoms with Crippen molar-refractivity contribution in [2.45, 2.75) is 59.2 Å². The number of carbonyl (C=O) groups excluding carboxylic acids is 2. The van der Waals surface area contributed by atoms with Crippen LogP contribution in [0.3, 0.4) is 0 Å². The molecule has 0 radical (unpaired) electrons. The Hall–Kier alpha value is -3.02. The maximum atomic E-state index is 11.8. The summed E-state index contributed by atoms with van der Waals surface area (Å²) in [4.78, 5) is 23.6. The average Bonchev–Trinajstić information content (AvgIpc) is 2.55. The Morgan fingerprint density at radius 3 is 1.28 bits per heavy atom. The summed E-state index contributed by atoms with van der Waals surface area (Å²) in [6.07, 6.45) is -0.212.